The average molecular weight is 136 g/mol. The molecule has 0 atom stereocenters. The highest BCUT2D eigenvalue weighted by Crippen LogP contribution is 2.25. The van der Waals surface area contributed by atoms with Crippen LogP contribution in [-0.2, 0) is 4.74 Å². The zero-order valence-electron chi connectivity index (χ0n) is 5.58. The minimum Gasteiger partial charge on any atom is -0.495 e. The molecule has 0 fully saturated rings. The molecule has 0 aliphatic rings. The molecule has 0 saturated heterocycles. The molecule has 0 N–H and O–H groups in total. The van der Waals surface area contributed by atoms with Crippen molar-refractivity contribution in [2.45, 2.75) is 19.3 Å². The van der Waals surface area contributed by atoms with Gasteiger partial charge in [0.25, 0.3) is 0 Å². The largest absolute Gasteiger partial charge is 0.495 e. The van der Waals surface area contributed by atoms with E-state index in [2.05, 4.69) is 11.3 Å². The summed E-state index contributed by atoms with van der Waals surface area (Å²) < 4.78 is 28.9. The van der Waals surface area contributed by atoms with E-state index < -0.39 is 11.7 Å². The van der Waals surface area contributed by atoms with Crippen molar-refractivity contribution < 1.29 is 13.5 Å². The van der Waals surface area contributed by atoms with Gasteiger partial charge in [0.05, 0.1) is 7.11 Å². The van der Waals surface area contributed by atoms with Gasteiger partial charge in [0.2, 0.25) is 0 Å². The van der Waals surface area contributed by atoms with Gasteiger partial charge in [0.15, 0.2) is 5.76 Å². The SMILES string of the molecule is C=C(OC)C(F)(F)CC. The third-order valence-corrected chi connectivity index (χ3v) is 1.10. The Hall–Kier alpha value is -0.600. The maximum atomic E-state index is 12.3. The number of methoxy groups -OCH3 is 1. The van der Waals surface area contributed by atoms with Gasteiger partial charge >= 0.3 is 5.92 Å². The molecule has 0 bridgehead atoms. The monoisotopic (exact) mass is 136 g/mol. The molecule has 0 aliphatic carbocycles. The van der Waals surface area contributed by atoms with Crippen LogP contribution < -0.4 is 0 Å². The number of ether oxygens (including phenoxy) is 1. The van der Waals surface area contributed by atoms with E-state index >= 15 is 0 Å². The fourth-order valence-corrected chi connectivity index (χ4v) is 0.346. The molecule has 0 rings (SSSR count). The van der Waals surface area contributed by atoms with Crippen LogP contribution in [0, 0.1) is 0 Å². The van der Waals surface area contributed by atoms with Crippen molar-refractivity contribution in [2.75, 3.05) is 7.11 Å². The van der Waals surface area contributed by atoms with E-state index in [1.54, 1.807) is 0 Å². The Bertz CT molecular complexity index is 110. The van der Waals surface area contributed by atoms with E-state index in [0.29, 0.717) is 0 Å². The lowest BCUT2D eigenvalue weighted by Gasteiger charge is -2.14. The highest BCUT2D eigenvalue weighted by Gasteiger charge is 2.31. The van der Waals surface area contributed by atoms with Crippen LogP contribution in [0.5, 0.6) is 0 Å². The second kappa shape index (κ2) is 2.80. The van der Waals surface area contributed by atoms with Crippen LogP contribution >= 0.6 is 0 Å². The Kier molecular flexibility index (Phi) is 2.62. The van der Waals surface area contributed by atoms with E-state index in [1.165, 1.54) is 14.0 Å². The van der Waals surface area contributed by atoms with Crippen molar-refractivity contribution in [1.29, 1.82) is 0 Å². The topological polar surface area (TPSA) is 9.23 Å². The molecule has 0 aromatic carbocycles. The maximum Gasteiger partial charge on any atom is 0.303 e. The van der Waals surface area contributed by atoms with Crippen LogP contribution in [0.4, 0.5) is 8.78 Å². The molecule has 0 heterocycles. The highest BCUT2D eigenvalue weighted by molar-refractivity contribution is 4.97. The summed E-state index contributed by atoms with van der Waals surface area (Å²) in [5, 5.41) is 0. The van der Waals surface area contributed by atoms with Gasteiger partial charge in [0.1, 0.15) is 0 Å². The summed E-state index contributed by atoms with van der Waals surface area (Å²) in [6, 6.07) is 0. The second-order valence-electron chi connectivity index (χ2n) is 1.69. The smallest absolute Gasteiger partial charge is 0.303 e. The van der Waals surface area contributed by atoms with Crippen molar-refractivity contribution in [1.82, 2.24) is 0 Å². The van der Waals surface area contributed by atoms with Crippen molar-refractivity contribution >= 4 is 0 Å². The summed E-state index contributed by atoms with van der Waals surface area (Å²) >= 11 is 0. The van der Waals surface area contributed by atoms with Crippen molar-refractivity contribution in [3.8, 4) is 0 Å². The van der Waals surface area contributed by atoms with Gasteiger partial charge in [-0.2, -0.15) is 8.78 Å². The standard InChI is InChI=1S/C6H10F2O/c1-4-6(7,8)5(2)9-3/h2,4H2,1,3H3. The molecule has 54 valence electrons. The lowest BCUT2D eigenvalue weighted by atomic mass is 10.2. The number of halogens is 2. The van der Waals surface area contributed by atoms with Gasteiger partial charge in [-0.3, -0.25) is 0 Å². The number of hydrogen-bond acceptors (Lipinski definition) is 1. The van der Waals surface area contributed by atoms with E-state index in [9.17, 15) is 8.78 Å². The van der Waals surface area contributed by atoms with Crippen LogP contribution in [0.25, 0.3) is 0 Å². The van der Waals surface area contributed by atoms with Crippen LogP contribution in [0.2, 0.25) is 0 Å². The zero-order chi connectivity index (χ0) is 7.49. The first kappa shape index (κ1) is 8.40. The van der Waals surface area contributed by atoms with Gasteiger partial charge in [-0.05, 0) is 0 Å². The van der Waals surface area contributed by atoms with Gasteiger partial charge in [-0.25, -0.2) is 0 Å². The summed E-state index contributed by atoms with van der Waals surface area (Å²) in [6.07, 6.45) is -0.264. The third kappa shape index (κ3) is 2.00. The van der Waals surface area contributed by atoms with Crippen molar-refractivity contribution in [2.24, 2.45) is 0 Å². The molecule has 0 radical (unpaired) electrons. The molecule has 0 aromatic rings. The summed E-state index contributed by atoms with van der Waals surface area (Å²) in [5.74, 6) is -3.33. The highest BCUT2D eigenvalue weighted by atomic mass is 19.3. The Morgan fingerprint density at radius 1 is 1.67 bits per heavy atom. The molecular weight excluding hydrogens is 126 g/mol. The number of hydrogen-bond donors (Lipinski definition) is 0. The third-order valence-electron chi connectivity index (χ3n) is 1.10. The maximum absolute atomic E-state index is 12.3. The zero-order valence-corrected chi connectivity index (χ0v) is 5.58. The fourth-order valence-electron chi connectivity index (χ4n) is 0.346. The van der Waals surface area contributed by atoms with Crippen molar-refractivity contribution in [3.63, 3.8) is 0 Å². The first-order chi connectivity index (χ1) is 4.04. The average Bonchev–Trinajstić information content (AvgIpc) is 1.86. The molecule has 0 saturated carbocycles. The van der Waals surface area contributed by atoms with Crippen LogP contribution in [0.15, 0.2) is 12.3 Å². The number of rotatable bonds is 3. The Balaban J connectivity index is 3.97. The van der Waals surface area contributed by atoms with Gasteiger partial charge in [0, 0.05) is 6.42 Å². The predicted octanol–water partition coefficient (Wildman–Crippen LogP) is 2.19. The van der Waals surface area contributed by atoms with Crippen LogP contribution in [-0.4, -0.2) is 13.0 Å². The van der Waals surface area contributed by atoms with E-state index in [1.807, 2.05) is 0 Å². The Morgan fingerprint density at radius 2 is 2.11 bits per heavy atom. The summed E-state index contributed by atoms with van der Waals surface area (Å²) in [7, 11) is 1.19. The molecule has 0 spiro atoms. The number of allylic oxidation sites excluding steroid dienone is 1. The molecule has 0 unspecified atom stereocenters. The normalized spacial score (nSPS) is 11.1. The molecule has 3 heteroatoms. The summed E-state index contributed by atoms with van der Waals surface area (Å²) in [5.41, 5.74) is 0. The van der Waals surface area contributed by atoms with Gasteiger partial charge in [-0.1, -0.05) is 13.5 Å². The molecule has 0 amide bonds. The van der Waals surface area contributed by atoms with Gasteiger partial charge in [-0.15, -0.1) is 0 Å². The minimum absolute atomic E-state index is 0.264. The quantitative estimate of drug-likeness (QED) is 0.540. The predicted molar refractivity (Wildman–Crippen MR) is 31.4 cm³/mol. The van der Waals surface area contributed by atoms with Crippen LogP contribution in [0.1, 0.15) is 13.3 Å². The summed E-state index contributed by atoms with van der Waals surface area (Å²) in [4.78, 5) is 0. The minimum atomic E-state index is -2.87. The molecule has 9 heavy (non-hydrogen) atoms. The molecule has 0 aromatic heterocycles. The lowest BCUT2D eigenvalue weighted by molar-refractivity contribution is -0.0134. The Morgan fingerprint density at radius 3 is 2.22 bits per heavy atom. The van der Waals surface area contributed by atoms with Crippen molar-refractivity contribution in [3.05, 3.63) is 12.3 Å². The summed E-state index contributed by atoms with van der Waals surface area (Å²) in [6.45, 7) is 4.42. The second-order valence-corrected chi connectivity index (χ2v) is 1.69. The fraction of sp³-hybridized carbons (Fsp3) is 0.667. The number of alkyl halides is 2. The molecule has 0 aliphatic heterocycles. The van der Waals surface area contributed by atoms with E-state index in [0.717, 1.165) is 0 Å². The van der Waals surface area contributed by atoms with E-state index in [-0.39, 0.29) is 6.42 Å². The first-order valence-corrected chi connectivity index (χ1v) is 2.65. The van der Waals surface area contributed by atoms with Gasteiger partial charge < -0.3 is 4.74 Å². The molecule has 1 nitrogen and oxygen atoms in total. The molecular formula is C6H10F2O. The first-order valence-electron chi connectivity index (χ1n) is 2.65. The van der Waals surface area contributed by atoms with E-state index in [4.69, 9.17) is 0 Å². The lowest BCUT2D eigenvalue weighted by Crippen LogP contribution is -2.17. The Labute approximate surface area is 53.3 Å². The van der Waals surface area contributed by atoms with Crippen LogP contribution in [0.3, 0.4) is 0 Å².